The third-order valence-electron chi connectivity index (χ3n) is 7.15. The largest absolute Gasteiger partial charge is 0.494 e. The van der Waals surface area contributed by atoms with E-state index in [0.29, 0.717) is 24.5 Å². The predicted octanol–water partition coefficient (Wildman–Crippen LogP) is 5.62. The van der Waals surface area contributed by atoms with E-state index >= 15 is 0 Å². The third-order valence-corrected chi connectivity index (χ3v) is 8.93. The molecule has 0 spiro atoms. The number of rotatable bonds is 14. The highest BCUT2D eigenvalue weighted by Crippen LogP contribution is 2.27. The summed E-state index contributed by atoms with van der Waals surface area (Å²) in [6.07, 6.45) is 1.11. The summed E-state index contributed by atoms with van der Waals surface area (Å²) < 4.78 is 34.7. The van der Waals surface area contributed by atoms with E-state index < -0.39 is 28.5 Å². The van der Waals surface area contributed by atoms with Crippen LogP contribution in [-0.2, 0) is 26.2 Å². The van der Waals surface area contributed by atoms with Gasteiger partial charge in [0.25, 0.3) is 10.0 Å². The van der Waals surface area contributed by atoms with Crippen molar-refractivity contribution in [3.05, 3.63) is 89.5 Å². The fourth-order valence-corrected chi connectivity index (χ4v) is 6.02. The fraction of sp³-hybridized carbons (Fsp3) is 0.394. The van der Waals surface area contributed by atoms with Crippen LogP contribution < -0.4 is 14.4 Å². The topological polar surface area (TPSA) is 96.0 Å². The quantitative estimate of drug-likeness (QED) is 0.262. The Balaban J connectivity index is 2.06. The van der Waals surface area contributed by atoms with E-state index in [1.165, 1.54) is 17.0 Å². The maximum Gasteiger partial charge on any atom is 0.264 e. The molecule has 3 aromatic rings. The van der Waals surface area contributed by atoms with Crippen LogP contribution in [0.5, 0.6) is 5.75 Å². The van der Waals surface area contributed by atoms with Crippen LogP contribution in [0.15, 0.2) is 77.7 Å². The van der Waals surface area contributed by atoms with Crippen LogP contribution in [0, 0.1) is 13.8 Å². The van der Waals surface area contributed by atoms with E-state index in [1.807, 2.05) is 65.8 Å². The van der Waals surface area contributed by atoms with E-state index in [-0.39, 0.29) is 23.4 Å². The van der Waals surface area contributed by atoms with Gasteiger partial charge in [0.2, 0.25) is 11.8 Å². The van der Waals surface area contributed by atoms with Crippen molar-refractivity contribution in [3.63, 3.8) is 0 Å². The minimum absolute atomic E-state index is 0.0651. The summed E-state index contributed by atoms with van der Waals surface area (Å²) in [6.45, 7) is 11.6. The van der Waals surface area contributed by atoms with Crippen molar-refractivity contribution < 1.29 is 22.7 Å². The molecule has 0 aliphatic rings. The highest BCUT2D eigenvalue weighted by molar-refractivity contribution is 7.92. The highest BCUT2D eigenvalue weighted by Gasteiger charge is 2.34. The molecule has 0 bridgehead atoms. The molecule has 226 valence electrons. The smallest absolute Gasteiger partial charge is 0.264 e. The number of aryl methyl sites for hydroxylation is 2. The van der Waals surface area contributed by atoms with E-state index in [0.717, 1.165) is 27.4 Å². The molecule has 9 heteroatoms. The summed E-state index contributed by atoms with van der Waals surface area (Å²) in [6, 6.07) is 20.0. The predicted molar refractivity (Wildman–Crippen MR) is 167 cm³/mol. The van der Waals surface area contributed by atoms with Crippen LogP contribution >= 0.6 is 0 Å². The standard InChI is InChI=1S/C33H43N3O5S/c1-7-26(6)34-33(38)31(8-2)35(22-27-12-10-11-25(5)21-27)32(37)23-36(28-15-17-29(18-16-28)41-9-3)42(39,40)30-19-13-24(4)14-20-30/h10-21,26,31H,7-9,22-23H2,1-6H3,(H,34,38). The molecule has 0 aliphatic carbocycles. The molecule has 1 N–H and O–H groups in total. The number of hydrogen-bond donors (Lipinski definition) is 1. The van der Waals surface area contributed by atoms with Gasteiger partial charge in [-0.2, -0.15) is 0 Å². The van der Waals surface area contributed by atoms with Crippen LogP contribution in [0.1, 0.15) is 57.2 Å². The van der Waals surface area contributed by atoms with Crippen molar-refractivity contribution in [1.29, 1.82) is 0 Å². The van der Waals surface area contributed by atoms with Gasteiger partial charge in [-0.25, -0.2) is 8.42 Å². The zero-order chi connectivity index (χ0) is 30.9. The van der Waals surface area contributed by atoms with Crippen molar-refractivity contribution in [2.75, 3.05) is 17.5 Å². The first-order chi connectivity index (χ1) is 20.0. The maximum atomic E-state index is 14.2. The molecule has 0 aliphatic heterocycles. The molecule has 0 aromatic heterocycles. The normalized spacial score (nSPS) is 12.7. The zero-order valence-corrected chi connectivity index (χ0v) is 26.3. The number of carbonyl (C=O) groups excluding carboxylic acids is 2. The highest BCUT2D eigenvalue weighted by atomic mass is 32.2. The van der Waals surface area contributed by atoms with Gasteiger partial charge in [0.15, 0.2) is 0 Å². The Morgan fingerprint density at radius 1 is 0.881 bits per heavy atom. The van der Waals surface area contributed by atoms with Crippen LogP contribution in [0.3, 0.4) is 0 Å². The van der Waals surface area contributed by atoms with Crippen molar-refractivity contribution in [1.82, 2.24) is 10.2 Å². The Morgan fingerprint density at radius 3 is 2.12 bits per heavy atom. The Labute approximate surface area is 250 Å². The Hall–Kier alpha value is -3.85. The molecule has 0 saturated carbocycles. The number of benzene rings is 3. The fourth-order valence-electron chi connectivity index (χ4n) is 4.61. The van der Waals surface area contributed by atoms with Gasteiger partial charge in [0, 0.05) is 12.6 Å². The second kappa shape index (κ2) is 14.9. The number of carbonyl (C=O) groups is 2. The van der Waals surface area contributed by atoms with Crippen LogP contribution in [-0.4, -0.2) is 50.4 Å². The molecule has 2 atom stereocenters. The van der Waals surface area contributed by atoms with Gasteiger partial charge in [-0.1, -0.05) is 61.4 Å². The number of nitrogens with one attached hydrogen (secondary N) is 1. The van der Waals surface area contributed by atoms with Crippen molar-refractivity contribution in [3.8, 4) is 5.75 Å². The first kappa shape index (κ1) is 32.7. The molecule has 2 amide bonds. The summed E-state index contributed by atoms with van der Waals surface area (Å²) in [5.74, 6) is -0.150. The SMILES string of the molecule is CCOc1ccc(N(CC(=O)N(Cc2cccc(C)c2)C(CC)C(=O)NC(C)CC)S(=O)(=O)c2ccc(C)cc2)cc1. The minimum atomic E-state index is -4.14. The summed E-state index contributed by atoms with van der Waals surface area (Å²) >= 11 is 0. The monoisotopic (exact) mass is 593 g/mol. The molecule has 0 saturated heterocycles. The van der Waals surface area contributed by atoms with Gasteiger partial charge in [0.05, 0.1) is 17.2 Å². The molecule has 0 heterocycles. The average Bonchev–Trinajstić information content (AvgIpc) is 2.96. The van der Waals surface area contributed by atoms with Gasteiger partial charge in [-0.15, -0.1) is 0 Å². The van der Waals surface area contributed by atoms with Crippen LogP contribution in [0.4, 0.5) is 5.69 Å². The lowest BCUT2D eigenvalue weighted by Crippen LogP contribution is -2.53. The second-order valence-electron chi connectivity index (χ2n) is 10.5. The van der Waals surface area contributed by atoms with E-state index in [9.17, 15) is 18.0 Å². The lowest BCUT2D eigenvalue weighted by Gasteiger charge is -2.33. The Kier molecular flexibility index (Phi) is 11.6. The third kappa shape index (κ3) is 8.35. The van der Waals surface area contributed by atoms with Gasteiger partial charge < -0.3 is 15.0 Å². The van der Waals surface area contributed by atoms with Crippen molar-refractivity contribution in [2.45, 2.75) is 77.9 Å². The maximum absolute atomic E-state index is 14.2. The van der Waals surface area contributed by atoms with Crippen molar-refractivity contribution >= 4 is 27.5 Å². The number of nitrogens with zero attached hydrogens (tertiary/aromatic N) is 2. The van der Waals surface area contributed by atoms with Crippen LogP contribution in [0.2, 0.25) is 0 Å². The van der Waals surface area contributed by atoms with Gasteiger partial charge in [-0.05, 0) is 82.5 Å². The number of hydrogen-bond acceptors (Lipinski definition) is 5. The molecular weight excluding hydrogens is 550 g/mol. The molecular formula is C33H43N3O5S. The van der Waals surface area contributed by atoms with E-state index in [1.54, 1.807) is 36.4 Å². The lowest BCUT2D eigenvalue weighted by atomic mass is 10.1. The van der Waals surface area contributed by atoms with Crippen LogP contribution in [0.25, 0.3) is 0 Å². The molecule has 8 nitrogen and oxygen atoms in total. The van der Waals surface area contributed by atoms with Gasteiger partial charge in [-0.3, -0.25) is 13.9 Å². The molecule has 42 heavy (non-hydrogen) atoms. The Morgan fingerprint density at radius 2 is 1.55 bits per heavy atom. The van der Waals surface area contributed by atoms with Crippen molar-refractivity contribution in [2.24, 2.45) is 0 Å². The molecule has 0 radical (unpaired) electrons. The average molecular weight is 594 g/mol. The molecule has 3 rings (SSSR count). The van der Waals surface area contributed by atoms with Gasteiger partial charge >= 0.3 is 0 Å². The number of ether oxygens (including phenoxy) is 1. The zero-order valence-electron chi connectivity index (χ0n) is 25.5. The summed E-state index contributed by atoms with van der Waals surface area (Å²) in [7, 11) is -4.14. The minimum Gasteiger partial charge on any atom is -0.494 e. The van der Waals surface area contributed by atoms with E-state index in [2.05, 4.69) is 5.32 Å². The number of amides is 2. The lowest BCUT2D eigenvalue weighted by molar-refractivity contribution is -0.140. The van der Waals surface area contributed by atoms with Gasteiger partial charge in [0.1, 0.15) is 18.3 Å². The second-order valence-corrected chi connectivity index (χ2v) is 12.4. The first-order valence-electron chi connectivity index (χ1n) is 14.5. The first-order valence-corrected chi connectivity index (χ1v) is 15.9. The Bertz CT molecular complexity index is 1440. The molecule has 2 unspecified atom stereocenters. The molecule has 0 fully saturated rings. The summed E-state index contributed by atoms with van der Waals surface area (Å²) in [4.78, 5) is 29.2. The number of anilines is 1. The molecule has 3 aromatic carbocycles. The summed E-state index contributed by atoms with van der Waals surface area (Å²) in [5.41, 5.74) is 3.11. The number of sulfonamides is 1. The van der Waals surface area contributed by atoms with E-state index in [4.69, 9.17) is 4.74 Å². The summed E-state index contributed by atoms with van der Waals surface area (Å²) in [5, 5.41) is 3.00.